The normalized spacial score (nSPS) is 16.9. The number of aliphatic hydroxyl groups is 1. The Morgan fingerprint density at radius 3 is 2.96 bits per heavy atom. The first-order chi connectivity index (χ1) is 13.6. The Balaban J connectivity index is 1.64. The number of carbonyl (C=O) groups excluding carboxylic acids is 1. The van der Waals surface area contributed by atoms with Crippen molar-refractivity contribution in [3.05, 3.63) is 64.2 Å². The van der Waals surface area contributed by atoms with Crippen molar-refractivity contribution in [2.24, 2.45) is 0 Å². The summed E-state index contributed by atoms with van der Waals surface area (Å²) >= 11 is 6.02. The fourth-order valence-corrected chi connectivity index (χ4v) is 3.71. The molecule has 0 saturated heterocycles. The maximum atomic E-state index is 11.5. The molecular formula is C22H26ClNO4. The van der Waals surface area contributed by atoms with Crippen molar-refractivity contribution >= 4 is 17.6 Å². The molecule has 2 aromatic carbocycles. The second kappa shape index (κ2) is 9.92. The molecule has 1 aliphatic rings. The highest BCUT2D eigenvalue weighted by Gasteiger charge is 2.22. The molecule has 28 heavy (non-hydrogen) atoms. The molecule has 0 aliphatic heterocycles. The van der Waals surface area contributed by atoms with Crippen LogP contribution < -0.4 is 10.1 Å². The number of hydrogen-bond donors (Lipinski definition) is 2. The molecule has 0 spiro atoms. The Morgan fingerprint density at radius 1 is 1.32 bits per heavy atom. The molecule has 1 unspecified atom stereocenters. The molecule has 6 heteroatoms. The van der Waals surface area contributed by atoms with Gasteiger partial charge in [-0.15, -0.1) is 0 Å². The first kappa shape index (κ1) is 20.6. The molecule has 0 aromatic heterocycles. The molecule has 150 valence electrons. The number of aliphatic hydroxyl groups excluding tert-OH is 1. The number of halogens is 1. The molecule has 2 aromatic rings. The SMILES string of the molecule is CCOC(=O)COc1ccc2c(c1)C(NC[C@H](O)c1cccc(Cl)c1)CCC2. The number of ether oxygens (including phenoxy) is 2. The Kier molecular flexibility index (Phi) is 7.31. The van der Waals surface area contributed by atoms with Gasteiger partial charge in [0.25, 0.3) is 0 Å². The van der Waals surface area contributed by atoms with Gasteiger partial charge in [0.1, 0.15) is 5.75 Å². The number of carbonyl (C=O) groups is 1. The number of nitrogens with one attached hydrogen (secondary N) is 1. The van der Waals surface area contributed by atoms with Crippen molar-refractivity contribution in [1.29, 1.82) is 0 Å². The van der Waals surface area contributed by atoms with E-state index in [1.807, 2.05) is 24.3 Å². The Labute approximate surface area is 170 Å². The maximum absolute atomic E-state index is 11.5. The minimum Gasteiger partial charge on any atom is -0.482 e. The van der Waals surface area contributed by atoms with Gasteiger partial charge < -0.3 is 19.9 Å². The fraction of sp³-hybridized carbons (Fsp3) is 0.409. The number of rotatable bonds is 8. The van der Waals surface area contributed by atoms with Crippen molar-refractivity contribution in [2.75, 3.05) is 19.8 Å². The van der Waals surface area contributed by atoms with Crippen LogP contribution >= 0.6 is 11.6 Å². The van der Waals surface area contributed by atoms with Gasteiger partial charge in [-0.1, -0.05) is 29.8 Å². The first-order valence-electron chi connectivity index (χ1n) is 9.65. The van der Waals surface area contributed by atoms with E-state index in [1.165, 1.54) is 5.56 Å². The van der Waals surface area contributed by atoms with Gasteiger partial charge in [-0.25, -0.2) is 4.79 Å². The fourth-order valence-electron chi connectivity index (χ4n) is 3.51. The van der Waals surface area contributed by atoms with E-state index < -0.39 is 6.10 Å². The topological polar surface area (TPSA) is 67.8 Å². The summed E-state index contributed by atoms with van der Waals surface area (Å²) in [5, 5.41) is 14.6. The van der Waals surface area contributed by atoms with Gasteiger partial charge in [-0.2, -0.15) is 0 Å². The molecular weight excluding hydrogens is 378 g/mol. The summed E-state index contributed by atoms with van der Waals surface area (Å²) in [7, 11) is 0. The summed E-state index contributed by atoms with van der Waals surface area (Å²) < 4.78 is 10.5. The van der Waals surface area contributed by atoms with Crippen molar-refractivity contribution in [3.8, 4) is 5.75 Å². The number of fused-ring (bicyclic) bond motifs is 1. The van der Waals surface area contributed by atoms with Crippen LogP contribution in [0.5, 0.6) is 5.75 Å². The monoisotopic (exact) mass is 403 g/mol. The van der Waals surface area contributed by atoms with Crippen LogP contribution in [-0.2, 0) is 16.0 Å². The summed E-state index contributed by atoms with van der Waals surface area (Å²) in [4.78, 5) is 11.5. The van der Waals surface area contributed by atoms with Crippen LogP contribution in [0.25, 0.3) is 0 Å². The van der Waals surface area contributed by atoms with E-state index in [1.54, 1.807) is 19.1 Å². The van der Waals surface area contributed by atoms with Crippen LogP contribution in [0.2, 0.25) is 5.02 Å². The van der Waals surface area contributed by atoms with Gasteiger partial charge in [0, 0.05) is 17.6 Å². The van der Waals surface area contributed by atoms with Crippen LogP contribution in [0.3, 0.4) is 0 Å². The minimum atomic E-state index is -0.632. The zero-order valence-corrected chi connectivity index (χ0v) is 16.7. The van der Waals surface area contributed by atoms with E-state index in [4.69, 9.17) is 21.1 Å². The number of benzene rings is 2. The molecule has 0 amide bonds. The van der Waals surface area contributed by atoms with Gasteiger partial charge >= 0.3 is 5.97 Å². The minimum absolute atomic E-state index is 0.0990. The van der Waals surface area contributed by atoms with Gasteiger partial charge in [0.15, 0.2) is 6.61 Å². The molecule has 0 heterocycles. The van der Waals surface area contributed by atoms with E-state index >= 15 is 0 Å². The lowest BCUT2D eigenvalue weighted by Gasteiger charge is -2.28. The van der Waals surface area contributed by atoms with Gasteiger partial charge in [-0.3, -0.25) is 0 Å². The van der Waals surface area contributed by atoms with Crippen LogP contribution in [0.4, 0.5) is 0 Å². The zero-order valence-electron chi connectivity index (χ0n) is 16.0. The molecule has 0 fully saturated rings. The van der Waals surface area contributed by atoms with Crippen LogP contribution in [0.15, 0.2) is 42.5 Å². The van der Waals surface area contributed by atoms with Crippen molar-refractivity contribution in [3.63, 3.8) is 0 Å². The highest BCUT2D eigenvalue weighted by atomic mass is 35.5. The van der Waals surface area contributed by atoms with E-state index in [9.17, 15) is 9.90 Å². The number of aryl methyl sites for hydroxylation is 1. The first-order valence-corrected chi connectivity index (χ1v) is 10.0. The lowest BCUT2D eigenvalue weighted by molar-refractivity contribution is -0.145. The third-order valence-electron chi connectivity index (χ3n) is 4.88. The average Bonchev–Trinajstić information content (AvgIpc) is 2.70. The summed E-state index contributed by atoms with van der Waals surface area (Å²) in [5.41, 5.74) is 3.22. The molecule has 1 aliphatic carbocycles. The van der Waals surface area contributed by atoms with E-state index in [-0.39, 0.29) is 18.6 Å². The van der Waals surface area contributed by atoms with Crippen molar-refractivity contribution < 1.29 is 19.4 Å². The Morgan fingerprint density at radius 2 is 2.18 bits per heavy atom. The van der Waals surface area contributed by atoms with Crippen LogP contribution in [-0.4, -0.2) is 30.8 Å². The number of hydrogen-bond acceptors (Lipinski definition) is 5. The largest absolute Gasteiger partial charge is 0.482 e. The molecule has 0 bridgehead atoms. The zero-order chi connectivity index (χ0) is 19.9. The highest BCUT2D eigenvalue weighted by Crippen LogP contribution is 2.33. The smallest absolute Gasteiger partial charge is 0.344 e. The van der Waals surface area contributed by atoms with E-state index in [2.05, 4.69) is 11.4 Å². The summed E-state index contributed by atoms with van der Waals surface area (Å²) in [6.07, 6.45) is 2.45. The van der Waals surface area contributed by atoms with Gasteiger partial charge in [0.2, 0.25) is 0 Å². The quantitative estimate of drug-likeness (QED) is 0.652. The highest BCUT2D eigenvalue weighted by molar-refractivity contribution is 6.30. The third-order valence-corrected chi connectivity index (χ3v) is 5.12. The van der Waals surface area contributed by atoms with Crippen LogP contribution in [0, 0.1) is 0 Å². The lowest BCUT2D eigenvalue weighted by Crippen LogP contribution is -2.29. The van der Waals surface area contributed by atoms with Gasteiger partial charge in [-0.05, 0) is 67.1 Å². The van der Waals surface area contributed by atoms with E-state index in [0.717, 1.165) is 30.4 Å². The second-order valence-electron chi connectivity index (χ2n) is 6.88. The summed E-state index contributed by atoms with van der Waals surface area (Å²) in [5.74, 6) is 0.274. The lowest BCUT2D eigenvalue weighted by atomic mass is 9.87. The predicted molar refractivity (Wildman–Crippen MR) is 109 cm³/mol. The molecule has 2 N–H and O–H groups in total. The summed E-state index contributed by atoms with van der Waals surface area (Å²) in [6, 6.07) is 13.3. The Hall–Kier alpha value is -2.08. The van der Waals surface area contributed by atoms with Crippen molar-refractivity contribution in [2.45, 2.75) is 38.3 Å². The van der Waals surface area contributed by atoms with E-state index in [0.29, 0.717) is 23.9 Å². The molecule has 0 radical (unpaired) electrons. The second-order valence-corrected chi connectivity index (χ2v) is 7.31. The average molecular weight is 404 g/mol. The molecule has 3 rings (SSSR count). The Bertz CT molecular complexity index is 811. The molecule has 2 atom stereocenters. The molecule has 0 saturated carbocycles. The van der Waals surface area contributed by atoms with Crippen molar-refractivity contribution in [1.82, 2.24) is 5.32 Å². The van der Waals surface area contributed by atoms with Crippen LogP contribution in [0.1, 0.15) is 48.6 Å². The third kappa shape index (κ3) is 5.47. The standard InChI is InChI=1S/C22H26ClNO4/c1-2-27-22(26)14-28-18-10-9-15-5-4-8-20(19(15)12-18)24-13-21(25)16-6-3-7-17(23)11-16/h3,6-7,9-12,20-21,24-25H,2,4-5,8,13-14H2,1H3/t20?,21-/m0/s1. The number of esters is 1. The molecule has 5 nitrogen and oxygen atoms in total. The predicted octanol–water partition coefficient (Wildman–Crippen LogP) is 3.98. The maximum Gasteiger partial charge on any atom is 0.344 e. The van der Waals surface area contributed by atoms with Gasteiger partial charge in [0.05, 0.1) is 12.7 Å². The summed E-state index contributed by atoms with van der Waals surface area (Å²) in [6.45, 7) is 2.44.